The molecule has 0 saturated carbocycles. The van der Waals surface area contributed by atoms with E-state index in [1.165, 1.54) is 22.1 Å². The molecule has 1 amide bonds. The standard InChI is InChI=1S/C20H22N4O/c1-14-7-5-10-18(11-14)24-21-12-19(22-24)20(25)23(4)13-17-9-6-8-15(2)16(17)3/h5-12H,13H2,1-4H3. The Balaban J connectivity index is 1.78. The number of carbonyl (C=O) groups excluding carboxylic acids is 1. The first-order chi connectivity index (χ1) is 12.0. The lowest BCUT2D eigenvalue weighted by Crippen LogP contribution is -2.27. The van der Waals surface area contributed by atoms with Gasteiger partial charge >= 0.3 is 0 Å². The zero-order valence-electron chi connectivity index (χ0n) is 15.0. The topological polar surface area (TPSA) is 51.0 Å². The normalized spacial score (nSPS) is 10.7. The van der Waals surface area contributed by atoms with Crippen molar-refractivity contribution in [2.24, 2.45) is 0 Å². The minimum Gasteiger partial charge on any atom is -0.336 e. The predicted molar refractivity (Wildman–Crippen MR) is 97.8 cm³/mol. The number of carbonyl (C=O) groups is 1. The summed E-state index contributed by atoms with van der Waals surface area (Å²) in [4.78, 5) is 15.8. The van der Waals surface area contributed by atoms with Gasteiger partial charge in [0.1, 0.15) is 0 Å². The molecule has 3 rings (SSSR count). The van der Waals surface area contributed by atoms with Crippen molar-refractivity contribution in [3.05, 3.63) is 76.6 Å². The van der Waals surface area contributed by atoms with Crippen molar-refractivity contribution in [1.29, 1.82) is 0 Å². The molecule has 1 aromatic heterocycles. The summed E-state index contributed by atoms with van der Waals surface area (Å²) in [6, 6.07) is 14.0. The van der Waals surface area contributed by atoms with Crippen LogP contribution in [0.4, 0.5) is 0 Å². The first-order valence-electron chi connectivity index (χ1n) is 8.25. The maximum Gasteiger partial charge on any atom is 0.276 e. The van der Waals surface area contributed by atoms with Gasteiger partial charge in [-0.3, -0.25) is 4.79 Å². The van der Waals surface area contributed by atoms with Gasteiger partial charge in [-0.05, 0) is 55.2 Å². The Morgan fingerprint density at radius 1 is 1.12 bits per heavy atom. The fraction of sp³-hybridized carbons (Fsp3) is 0.250. The summed E-state index contributed by atoms with van der Waals surface area (Å²) in [6.07, 6.45) is 1.52. The monoisotopic (exact) mass is 334 g/mol. The van der Waals surface area contributed by atoms with Gasteiger partial charge in [0.05, 0.1) is 11.9 Å². The minimum atomic E-state index is -0.139. The van der Waals surface area contributed by atoms with Crippen molar-refractivity contribution < 1.29 is 4.79 Å². The predicted octanol–water partition coefficient (Wildman–Crippen LogP) is 3.46. The summed E-state index contributed by atoms with van der Waals surface area (Å²) in [5, 5.41) is 8.57. The molecular weight excluding hydrogens is 312 g/mol. The third-order valence-electron chi connectivity index (χ3n) is 4.41. The largest absolute Gasteiger partial charge is 0.336 e. The van der Waals surface area contributed by atoms with Gasteiger partial charge in [-0.25, -0.2) is 0 Å². The quantitative estimate of drug-likeness (QED) is 0.734. The zero-order valence-corrected chi connectivity index (χ0v) is 15.0. The maximum atomic E-state index is 12.7. The van der Waals surface area contributed by atoms with Gasteiger partial charge in [-0.15, -0.1) is 5.10 Å². The van der Waals surface area contributed by atoms with Crippen LogP contribution in [0.2, 0.25) is 0 Å². The first kappa shape index (κ1) is 16.9. The molecular formula is C20H22N4O. The van der Waals surface area contributed by atoms with Crippen LogP contribution in [0.15, 0.2) is 48.7 Å². The Morgan fingerprint density at radius 3 is 2.64 bits per heavy atom. The molecule has 0 aliphatic rings. The average Bonchev–Trinajstić information content (AvgIpc) is 3.08. The molecule has 1 heterocycles. The van der Waals surface area contributed by atoms with Gasteiger partial charge in [0, 0.05) is 13.6 Å². The summed E-state index contributed by atoms with van der Waals surface area (Å²) >= 11 is 0. The second kappa shape index (κ2) is 6.89. The van der Waals surface area contributed by atoms with Crippen LogP contribution >= 0.6 is 0 Å². The van der Waals surface area contributed by atoms with Gasteiger partial charge < -0.3 is 4.90 Å². The van der Waals surface area contributed by atoms with Crippen LogP contribution in [0.3, 0.4) is 0 Å². The molecule has 0 spiro atoms. The van der Waals surface area contributed by atoms with Crippen LogP contribution in [0, 0.1) is 20.8 Å². The van der Waals surface area contributed by atoms with Crippen LogP contribution in [0.5, 0.6) is 0 Å². The first-order valence-corrected chi connectivity index (χ1v) is 8.25. The number of amides is 1. The number of aryl methyl sites for hydroxylation is 2. The Hall–Kier alpha value is -2.95. The Bertz CT molecular complexity index is 914. The van der Waals surface area contributed by atoms with Crippen LogP contribution in [0.25, 0.3) is 5.69 Å². The van der Waals surface area contributed by atoms with Crippen molar-refractivity contribution >= 4 is 5.91 Å². The van der Waals surface area contributed by atoms with Crippen molar-refractivity contribution in [3.8, 4) is 5.69 Å². The Kier molecular flexibility index (Phi) is 4.65. The highest BCUT2D eigenvalue weighted by molar-refractivity contribution is 5.91. The molecule has 0 unspecified atom stereocenters. The van der Waals surface area contributed by atoms with E-state index in [1.807, 2.05) is 37.3 Å². The molecule has 0 atom stereocenters. The molecule has 3 aromatic rings. The van der Waals surface area contributed by atoms with Crippen molar-refractivity contribution in [2.75, 3.05) is 7.05 Å². The Morgan fingerprint density at radius 2 is 1.88 bits per heavy atom. The molecule has 0 saturated heterocycles. The number of hydrogen-bond acceptors (Lipinski definition) is 3. The van der Waals surface area contributed by atoms with E-state index in [4.69, 9.17) is 0 Å². The van der Waals surface area contributed by atoms with Crippen molar-refractivity contribution in [3.63, 3.8) is 0 Å². The summed E-state index contributed by atoms with van der Waals surface area (Å²) in [7, 11) is 1.79. The molecule has 0 N–H and O–H groups in total. The highest BCUT2D eigenvalue weighted by Gasteiger charge is 2.17. The summed E-state index contributed by atoms with van der Waals surface area (Å²) in [6.45, 7) is 6.71. The van der Waals surface area contributed by atoms with Crippen LogP contribution in [-0.2, 0) is 6.54 Å². The number of aromatic nitrogens is 3. The molecule has 0 fully saturated rings. The van der Waals surface area contributed by atoms with E-state index in [-0.39, 0.29) is 5.91 Å². The highest BCUT2D eigenvalue weighted by Crippen LogP contribution is 2.15. The van der Waals surface area contributed by atoms with Gasteiger partial charge in [-0.1, -0.05) is 30.3 Å². The SMILES string of the molecule is Cc1cccc(-n2ncc(C(=O)N(C)Cc3cccc(C)c3C)n2)c1. The zero-order chi connectivity index (χ0) is 18.0. The Labute approximate surface area is 147 Å². The number of hydrogen-bond donors (Lipinski definition) is 0. The van der Waals surface area contributed by atoms with Crippen LogP contribution in [-0.4, -0.2) is 32.8 Å². The molecule has 25 heavy (non-hydrogen) atoms. The minimum absolute atomic E-state index is 0.139. The molecule has 5 heteroatoms. The van der Waals surface area contributed by atoms with E-state index >= 15 is 0 Å². The lowest BCUT2D eigenvalue weighted by Gasteiger charge is -2.18. The summed E-state index contributed by atoms with van der Waals surface area (Å²) < 4.78 is 0. The lowest BCUT2D eigenvalue weighted by molar-refractivity contribution is 0.0778. The number of benzene rings is 2. The molecule has 128 valence electrons. The lowest BCUT2D eigenvalue weighted by atomic mass is 10.0. The molecule has 0 bridgehead atoms. The van der Waals surface area contributed by atoms with Gasteiger partial charge in [0.2, 0.25) is 0 Å². The second-order valence-electron chi connectivity index (χ2n) is 6.38. The third kappa shape index (κ3) is 3.60. The number of nitrogens with zero attached hydrogens (tertiary/aromatic N) is 4. The van der Waals surface area contributed by atoms with E-state index in [1.54, 1.807) is 11.9 Å². The smallest absolute Gasteiger partial charge is 0.276 e. The van der Waals surface area contributed by atoms with Crippen LogP contribution in [0.1, 0.15) is 32.7 Å². The van der Waals surface area contributed by atoms with E-state index in [9.17, 15) is 4.79 Å². The molecule has 2 aromatic carbocycles. The van der Waals surface area contributed by atoms with Crippen molar-refractivity contribution in [2.45, 2.75) is 27.3 Å². The fourth-order valence-corrected chi connectivity index (χ4v) is 2.74. The summed E-state index contributed by atoms with van der Waals surface area (Å²) in [5.41, 5.74) is 5.89. The molecule has 0 aliphatic heterocycles. The van der Waals surface area contributed by atoms with Gasteiger partial charge in [-0.2, -0.15) is 9.90 Å². The average molecular weight is 334 g/mol. The van der Waals surface area contributed by atoms with E-state index < -0.39 is 0 Å². The molecule has 0 aliphatic carbocycles. The van der Waals surface area contributed by atoms with Crippen molar-refractivity contribution in [1.82, 2.24) is 19.9 Å². The fourth-order valence-electron chi connectivity index (χ4n) is 2.74. The van der Waals surface area contributed by atoms with Gasteiger partial charge in [0.25, 0.3) is 5.91 Å². The highest BCUT2D eigenvalue weighted by atomic mass is 16.2. The van der Waals surface area contributed by atoms with E-state index in [2.05, 4.69) is 36.2 Å². The van der Waals surface area contributed by atoms with E-state index in [0.29, 0.717) is 12.2 Å². The van der Waals surface area contributed by atoms with E-state index in [0.717, 1.165) is 16.8 Å². The molecule has 0 radical (unpaired) electrons. The summed E-state index contributed by atoms with van der Waals surface area (Å²) in [5.74, 6) is -0.139. The van der Waals surface area contributed by atoms with Gasteiger partial charge in [0.15, 0.2) is 5.69 Å². The molecule has 5 nitrogen and oxygen atoms in total. The third-order valence-corrected chi connectivity index (χ3v) is 4.41. The number of rotatable bonds is 4. The van der Waals surface area contributed by atoms with Crippen LogP contribution < -0.4 is 0 Å². The second-order valence-corrected chi connectivity index (χ2v) is 6.38. The maximum absolute atomic E-state index is 12.7.